The molecule has 5 rings (SSSR count). The number of aromatic nitrogens is 5. The van der Waals surface area contributed by atoms with Gasteiger partial charge in [0.15, 0.2) is 5.78 Å². The lowest BCUT2D eigenvalue weighted by Crippen LogP contribution is -2.28. The van der Waals surface area contributed by atoms with Gasteiger partial charge >= 0.3 is 6.03 Å². The topological polar surface area (TPSA) is 130 Å². The summed E-state index contributed by atoms with van der Waals surface area (Å²) in [6, 6.07) is 10.8. The summed E-state index contributed by atoms with van der Waals surface area (Å²) >= 11 is 0. The minimum Gasteiger partial charge on any atom is -0.338 e. The number of carbonyl (C=O) groups is 2. The maximum Gasteiger partial charge on any atom is 0.321 e. The number of urea groups is 1. The number of pyridine rings is 1. The Hall–Kier alpha value is -4.60. The van der Waals surface area contributed by atoms with Crippen molar-refractivity contribution in [2.24, 2.45) is 10.9 Å². The quantitative estimate of drug-likeness (QED) is 0.412. The van der Waals surface area contributed by atoms with Crippen LogP contribution in [0.1, 0.15) is 18.2 Å². The lowest BCUT2D eigenvalue weighted by atomic mass is 9.95. The second-order valence-electron chi connectivity index (χ2n) is 7.75. The number of nitrogens with zero attached hydrogens (tertiary/aromatic N) is 5. The number of aromatic amines is 1. The molecule has 0 saturated heterocycles. The fourth-order valence-electron chi connectivity index (χ4n) is 3.78. The van der Waals surface area contributed by atoms with Gasteiger partial charge in [0.25, 0.3) is 0 Å². The van der Waals surface area contributed by atoms with Gasteiger partial charge in [0, 0.05) is 55.1 Å². The first kappa shape index (κ1) is 21.3. The molecule has 1 atom stereocenters. The minimum absolute atomic E-state index is 0.0305. The van der Waals surface area contributed by atoms with E-state index in [0.29, 0.717) is 41.3 Å². The molecule has 0 bridgehead atoms. The number of hydrogen-bond donors (Lipinski definition) is 3. The predicted molar refractivity (Wildman–Crippen MR) is 129 cm³/mol. The Kier molecular flexibility index (Phi) is 5.69. The smallest absolute Gasteiger partial charge is 0.321 e. The molecular formula is C24H22N8O2. The highest BCUT2D eigenvalue weighted by Crippen LogP contribution is 2.29. The lowest BCUT2D eigenvalue weighted by molar-refractivity contribution is -0.116. The number of benzene rings is 1. The molecule has 4 aromatic rings. The maximum atomic E-state index is 12.9. The van der Waals surface area contributed by atoms with E-state index < -0.39 is 0 Å². The van der Waals surface area contributed by atoms with Gasteiger partial charge in [0.1, 0.15) is 0 Å². The molecule has 10 heteroatoms. The molecule has 1 aliphatic rings. The van der Waals surface area contributed by atoms with Gasteiger partial charge in [-0.3, -0.25) is 20.1 Å². The van der Waals surface area contributed by atoms with Crippen molar-refractivity contribution in [3.05, 3.63) is 72.3 Å². The molecule has 2 amide bonds. The van der Waals surface area contributed by atoms with Gasteiger partial charge in [-0.2, -0.15) is 5.10 Å². The molecule has 170 valence electrons. The van der Waals surface area contributed by atoms with Crippen LogP contribution < -0.4 is 10.6 Å². The highest BCUT2D eigenvalue weighted by molar-refractivity contribution is 6.10. The molecule has 3 aromatic heterocycles. The highest BCUT2D eigenvalue weighted by Gasteiger charge is 2.22. The Balaban J connectivity index is 1.49. The van der Waals surface area contributed by atoms with E-state index >= 15 is 0 Å². The number of anilines is 1. The summed E-state index contributed by atoms with van der Waals surface area (Å²) in [6.45, 7) is 2.33. The average Bonchev–Trinajstić information content (AvgIpc) is 3.50. The van der Waals surface area contributed by atoms with Crippen molar-refractivity contribution in [1.82, 2.24) is 30.0 Å². The van der Waals surface area contributed by atoms with Crippen molar-refractivity contribution < 1.29 is 9.59 Å². The average molecular weight is 454 g/mol. The van der Waals surface area contributed by atoms with Crippen LogP contribution in [-0.4, -0.2) is 49.3 Å². The van der Waals surface area contributed by atoms with Crippen LogP contribution in [-0.2, 0) is 11.2 Å². The minimum atomic E-state index is -0.355. The van der Waals surface area contributed by atoms with Gasteiger partial charge in [-0.15, -0.1) is 0 Å². The van der Waals surface area contributed by atoms with Crippen molar-refractivity contribution in [3.63, 3.8) is 0 Å². The number of rotatable bonds is 6. The first-order valence-corrected chi connectivity index (χ1v) is 10.9. The van der Waals surface area contributed by atoms with E-state index in [2.05, 4.69) is 35.7 Å². The van der Waals surface area contributed by atoms with Gasteiger partial charge in [-0.05, 0) is 37.3 Å². The van der Waals surface area contributed by atoms with Gasteiger partial charge in [0.05, 0.1) is 28.3 Å². The summed E-state index contributed by atoms with van der Waals surface area (Å²) in [6.07, 6.45) is 8.93. The van der Waals surface area contributed by atoms with Gasteiger partial charge in [0.2, 0.25) is 5.95 Å². The third-order valence-electron chi connectivity index (χ3n) is 5.38. The molecule has 1 unspecified atom stereocenters. The molecule has 0 radical (unpaired) electrons. The molecular weight excluding hydrogens is 432 g/mol. The van der Waals surface area contributed by atoms with Gasteiger partial charge < -0.3 is 10.3 Å². The Morgan fingerprint density at radius 1 is 1.21 bits per heavy atom. The number of nitrogens with one attached hydrogen (secondary N) is 3. The third-order valence-corrected chi connectivity index (χ3v) is 5.38. The third kappa shape index (κ3) is 4.33. The zero-order valence-corrected chi connectivity index (χ0v) is 18.4. The number of allylic oxidation sites excluding steroid dienone is 1. The largest absolute Gasteiger partial charge is 0.338 e. The van der Waals surface area contributed by atoms with Crippen LogP contribution in [0.25, 0.3) is 22.4 Å². The zero-order chi connectivity index (χ0) is 23.5. The lowest BCUT2D eigenvalue weighted by Gasteiger charge is -2.15. The van der Waals surface area contributed by atoms with Crippen molar-refractivity contribution in [2.45, 2.75) is 13.3 Å². The predicted octanol–water partition coefficient (Wildman–Crippen LogP) is 3.14. The standard InChI is InChI=1S/C24H22N8O2/c1-2-25-24(34)31-23-29-19-11-15(12-20(22(19)30-23)32-9-5-8-28-32)18-13-21(33)16(14-27-18)10-17-6-3-4-7-26-17/h3-9,11-14,16H,2,10H2,1H3,(H3,25,29,30,31,34). The molecule has 0 fully saturated rings. The summed E-state index contributed by atoms with van der Waals surface area (Å²) in [4.78, 5) is 41.3. The number of hydrogen-bond acceptors (Lipinski definition) is 6. The number of fused-ring (bicyclic) bond motifs is 1. The van der Waals surface area contributed by atoms with Crippen molar-refractivity contribution >= 4 is 40.7 Å². The van der Waals surface area contributed by atoms with Crippen molar-refractivity contribution in [1.29, 1.82) is 0 Å². The van der Waals surface area contributed by atoms with Crippen LogP contribution in [0.3, 0.4) is 0 Å². The van der Waals surface area contributed by atoms with E-state index in [0.717, 1.165) is 11.3 Å². The highest BCUT2D eigenvalue weighted by atomic mass is 16.2. The molecule has 34 heavy (non-hydrogen) atoms. The fraction of sp³-hybridized carbons (Fsp3) is 0.167. The molecule has 1 aromatic carbocycles. The van der Waals surface area contributed by atoms with Crippen LogP contribution in [0.15, 0.2) is 66.1 Å². The van der Waals surface area contributed by atoms with E-state index in [-0.39, 0.29) is 17.7 Å². The van der Waals surface area contributed by atoms with Gasteiger partial charge in [-0.25, -0.2) is 14.5 Å². The number of amides is 2. The summed E-state index contributed by atoms with van der Waals surface area (Å²) in [5.41, 5.74) is 4.12. The van der Waals surface area contributed by atoms with Crippen LogP contribution in [0.2, 0.25) is 0 Å². The number of ketones is 1. The van der Waals surface area contributed by atoms with Crippen LogP contribution in [0.5, 0.6) is 0 Å². The molecule has 0 spiro atoms. The van der Waals surface area contributed by atoms with Crippen molar-refractivity contribution in [3.8, 4) is 5.69 Å². The van der Waals surface area contributed by atoms with E-state index in [1.54, 1.807) is 29.4 Å². The second kappa shape index (κ2) is 9.10. The normalized spacial score (nSPS) is 15.4. The Morgan fingerprint density at radius 2 is 2.12 bits per heavy atom. The SMILES string of the molecule is CCNC(=O)Nc1nc2cc(C3=CC(=O)C(Cc4ccccn4)C=N3)cc(-n3cccn3)c2[nH]1. The number of imidazole rings is 1. The Morgan fingerprint density at radius 3 is 2.85 bits per heavy atom. The Bertz CT molecular complexity index is 1400. The fourth-order valence-corrected chi connectivity index (χ4v) is 3.78. The monoisotopic (exact) mass is 454 g/mol. The van der Waals surface area contributed by atoms with E-state index in [9.17, 15) is 9.59 Å². The first-order chi connectivity index (χ1) is 16.6. The maximum absolute atomic E-state index is 12.9. The molecule has 0 aliphatic carbocycles. The summed E-state index contributed by atoms with van der Waals surface area (Å²) in [5.74, 6) is -0.0811. The molecule has 3 N–H and O–H groups in total. The summed E-state index contributed by atoms with van der Waals surface area (Å²) in [5, 5.41) is 9.70. The van der Waals surface area contributed by atoms with E-state index in [1.807, 2.05) is 49.5 Å². The second-order valence-corrected chi connectivity index (χ2v) is 7.75. The molecule has 4 heterocycles. The molecule has 1 aliphatic heterocycles. The molecule has 10 nitrogen and oxygen atoms in total. The van der Waals surface area contributed by atoms with E-state index in [4.69, 9.17) is 0 Å². The Labute approximate surface area is 194 Å². The summed E-state index contributed by atoms with van der Waals surface area (Å²) in [7, 11) is 0. The number of H-pyrrole nitrogens is 1. The van der Waals surface area contributed by atoms with Gasteiger partial charge in [-0.1, -0.05) is 6.07 Å². The van der Waals surface area contributed by atoms with Crippen LogP contribution in [0.4, 0.5) is 10.7 Å². The molecule has 0 saturated carbocycles. The number of carbonyl (C=O) groups excluding carboxylic acids is 2. The zero-order valence-electron chi connectivity index (χ0n) is 18.4. The van der Waals surface area contributed by atoms with Crippen molar-refractivity contribution in [2.75, 3.05) is 11.9 Å². The first-order valence-electron chi connectivity index (χ1n) is 10.9. The van der Waals surface area contributed by atoms with E-state index in [1.165, 1.54) is 0 Å². The van der Waals surface area contributed by atoms with Crippen LogP contribution >= 0.6 is 0 Å². The van der Waals surface area contributed by atoms with Crippen LogP contribution in [0, 0.1) is 5.92 Å². The summed E-state index contributed by atoms with van der Waals surface area (Å²) < 4.78 is 1.69. The number of aliphatic imine (C=N–C) groups is 1.